The lowest BCUT2D eigenvalue weighted by Gasteiger charge is -2.16. The van der Waals surface area contributed by atoms with Crippen molar-refractivity contribution in [3.8, 4) is 0 Å². The topological polar surface area (TPSA) is 111 Å². The molecule has 0 radical (unpaired) electrons. The van der Waals surface area contributed by atoms with Gasteiger partial charge in [0.05, 0.1) is 23.0 Å². The molecular formula is C23H21N3O5. The number of amides is 3. The number of aromatic nitrogens is 1. The molecule has 2 heterocycles. The summed E-state index contributed by atoms with van der Waals surface area (Å²) in [6.45, 7) is 1.42. The number of allylic oxidation sites excluding steroid dienone is 1. The van der Waals surface area contributed by atoms with Crippen molar-refractivity contribution in [3.05, 3.63) is 65.2 Å². The van der Waals surface area contributed by atoms with Crippen LogP contribution < -0.4 is 10.6 Å². The summed E-state index contributed by atoms with van der Waals surface area (Å²) < 4.78 is 10.8. The number of pyridine rings is 1. The van der Waals surface area contributed by atoms with Gasteiger partial charge in [-0.3, -0.25) is 10.1 Å². The molecule has 2 N–H and O–H groups in total. The van der Waals surface area contributed by atoms with Gasteiger partial charge in [0.15, 0.2) is 6.10 Å². The summed E-state index contributed by atoms with van der Waals surface area (Å²) in [6, 6.07) is 10.3. The molecule has 0 bridgehead atoms. The highest BCUT2D eigenvalue weighted by Crippen LogP contribution is 2.37. The first-order valence-electron chi connectivity index (χ1n) is 9.87. The van der Waals surface area contributed by atoms with Crippen LogP contribution in [0.5, 0.6) is 0 Å². The molecule has 8 nitrogen and oxygen atoms in total. The monoisotopic (exact) mass is 419 g/mol. The van der Waals surface area contributed by atoms with Crippen LogP contribution in [0.3, 0.4) is 0 Å². The van der Waals surface area contributed by atoms with Crippen molar-refractivity contribution in [1.82, 2.24) is 15.6 Å². The number of esters is 1. The van der Waals surface area contributed by atoms with Gasteiger partial charge >= 0.3 is 12.0 Å². The first kappa shape index (κ1) is 20.3. The Morgan fingerprint density at radius 2 is 1.97 bits per heavy atom. The normalized spacial score (nSPS) is 14.8. The lowest BCUT2D eigenvalue weighted by molar-refractivity contribution is -0.127. The van der Waals surface area contributed by atoms with E-state index < -0.39 is 24.0 Å². The summed E-state index contributed by atoms with van der Waals surface area (Å²) in [6.07, 6.45) is 3.69. The van der Waals surface area contributed by atoms with E-state index in [1.807, 2.05) is 42.5 Å². The van der Waals surface area contributed by atoms with Gasteiger partial charge < -0.3 is 14.5 Å². The van der Waals surface area contributed by atoms with Crippen molar-refractivity contribution < 1.29 is 23.5 Å². The number of ether oxygens (including phenoxy) is 1. The Labute approximate surface area is 178 Å². The van der Waals surface area contributed by atoms with Crippen LogP contribution in [0.1, 0.15) is 40.7 Å². The number of urea groups is 1. The van der Waals surface area contributed by atoms with Gasteiger partial charge in [-0.05, 0) is 55.2 Å². The SMILES string of the molecule is CNC(=O)NC(=O)[C@H](C)OC(=O)c1c2c(nc3ccccc13)C(=Cc1ccco1)CC2. The molecule has 1 aliphatic carbocycles. The minimum atomic E-state index is -1.15. The highest BCUT2D eigenvalue weighted by molar-refractivity contribution is 6.08. The van der Waals surface area contributed by atoms with Crippen LogP contribution >= 0.6 is 0 Å². The zero-order valence-electron chi connectivity index (χ0n) is 17.1. The third-order valence-corrected chi connectivity index (χ3v) is 5.12. The molecule has 0 fully saturated rings. The van der Waals surface area contributed by atoms with Gasteiger partial charge in [-0.2, -0.15) is 0 Å². The predicted octanol–water partition coefficient (Wildman–Crippen LogP) is 3.32. The van der Waals surface area contributed by atoms with Crippen LogP contribution in [-0.2, 0) is 16.0 Å². The highest BCUT2D eigenvalue weighted by Gasteiger charge is 2.29. The van der Waals surface area contributed by atoms with Gasteiger partial charge in [-0.1, -0.05) is 18.2 Å². The van der Waals surface area contributed by atoms with Crippen LogP contribution in [0.2, 0.25) is 0 Å². The molecule has 2 aromatic heterocycles. The highest BCUT2D eigenvalue weighted by atomic mass is 16.5. The Hall–Kier alpha value is -3.94. The molecule has 3 amide bonds. The Balaban J connectivity index is 1.72. The molecular weight excluding hydrogens is 398 g/mol. The van der Waals surface area contributed by atoms with E-state index in [0.29, 0.717) is 35.1 Å². The summed E-state index contributed by atoms with van der Waals surface area (Å²) in [5.41, 5.74) is 3.52. The van der Waals surface area contributed by atoms with Gasteiger partial charge in [0.2, 0.25) is 0 Å². The van der Waals surface area contributed by atoms with E-state index in [9.17, 15) is 14.4 Å². The van der Waals surface area contributed by atoms with Crippen molar-refractivity contribution >= 4 is 40.5 Å². The minimum absolute atomic E-state index is 0.392. The molecule has 0 spiro atoms. The summed E-state index contributed by atoms with van der Waals surface area (Å²) in [5, 5.41) is 5.05. The number of imide groups is 1. The van der Waals surface area contributed by atoms with Crippen LogP contribution in [0.25, 0.3) is 22.6 Å². The molecule has 0 saturated heterocycles. The van der Waals surface area contributed by atoms with Gasteiger partial charge in [-0.15, -0.1) is 0 Å². The number of nitrogens with one attached hydrogen (secondary N) is 2. The Morgan fingerprint density at radius 1 is 1.16 bits per heavy atom. The number of hydrogen-bond donors (Lipinski definition) is 2. The standard InChI is InChI=1S/C23H21N3O5/c1-13(21(27)26-23(29)24-2)31-22(28)19-16-7-3-4-8-18(16)25-20-14(9-10-17(19)20)12-15-6-5-11-30-15/h3-8,11-13H,9-10H2,1-2H3,(H2,24,26,27,29)/t13-/m0/s1. The average molecular weight is 419 g/mol. The Morgan fingerprint density at radius 3 is 2.71 bits per heavy atom. The maximum absolute atomic E-state index is 13.1. The molecule has 1 aliphatic rings. The number of benzene rings is 1. The fourth-order valence-corrected chi connectivity index (χ4v) is 3.61. The second kappa shape index (κ2) is 8.43. The van der Waals surface area contributed by atoms with E-state index in [2.05, 4.69) is 10.6 Å². The van der Waals surface area contributed by atoms with Crippen LogP contribution in [-0.4, -0.2) is 36.0 Å². The van der Waals surface area contributed by atoms with Gasteiger partial charge in [-0.25, -0.2) is 14.6 Å². The van der Waals surface area contributed by atoms with E-state index in [1.54, 1.807) is 6.26 Å². The van der Waals surface area contributed by atoms with E-state index in [-0.39, 0.29) is 0 Å². The molecule has 1 aromatic carbocycles. The number of hydrogen-bond acceptors (Lipinski definition) is 6. The zero-order chi connectivity index (χ0) is 22.0. The first-order chi connectivity index (χ1) is 15.0. The largest absolute Gasteiger partial charge is 0.465 e. The summed E-state index contributed by atoms with van der Waals surface area (Å²) in [5.74, 6) is -0.629. The Kier molecular flexibility index (Phi) is 5.53. The number of carbonyl (C=O) groups excluding carboxylic acids is 3. The third kappa shape index (κ3) is 4.05. The summed E-state index contributed by atoms with van der Waals surface area (Å²) in [7, 11) is 1.39. The Bertz CT molecular complexity index is 1200. The minimum Gasteiger partial charge on any atom is -0.465 e. The van der Waals surface area contributed by atoms with Crippen molar-refractivity contribution in [2.75, 3.05) is 7.05 Å². The smallest absolute Gasteiger partial charge is 0.339 e. The summed E-state index contributed by atoms with van der Waals surface area (Å²) in [4.78, 5) is 41.4. The molecule has 158 valence electrons. The fourth-order valence-electron chi connectivity index (χ4n) is 3.61. The number of para-hydroxylation sites is 1. The molecule has 0 unspecified atom stereocenters. The number of rotatable bonds is 4. The first-order valence-corrected chi connectivity index (χ1v) is 9.87. The second-order valence-corrected chi connectivity index (χ2v) is 7.13. The average Bonchev–Trinajstić information content (AvgIpc) is 3.42. The molecule has 0 saturated carbocycles. The van der Waals surface area contributed by atoms with Crippen molar-refractivity contribution in [1.29, 1.82) is 0 Å². The van der Waals surface area contributed by atoms with Crippen molar-refractivity contribution in [2.45, 2.75) is 25.9 Å². The lowest BCUT2D eigenvalue weighted by atomic mass is 10.0. The quantitative estimate of drug-likeness (QED) is 0.628. The van der Waals surface area contributed by atoms with Gasteiger partial charge in [0, 0.05) is 12.4 Å². The molecule has 31 heavy (non-hydrogen) atoms. The van der Waals surface area contributed by atoms with E-state index in [1.165, 1.54) is 14.0 Å². The van der Waals surface area contributed by atoms with Gasteiger partial charge in [0.25, 0.3) is 5.91 Å². The molecule has 0 aliphatic heterocycles. The molecule has 4 rings (SSSR count). The number of fused-ring (bicyclic) bond motifs is 2. The second-order valence-electron chi connectivity index (χ2n) is 7.13. The molecule has 1 atom stereocenters. The van der Waals surface area contributed by atoms with Crippen molar-refractivity contribution in [2.24, 2.45) is 0 Å². The molecule has 8 heteroatoms. The number of carbonyl (C=O) groups is 3. The van der Waals surface area contributed by atoms with Crippen LogP contribution in [0, 0.1) is 0 Å². The van der Waals surface area contributed by atoms with E-state index in [0.717, 1.165) is 16.8 Å². The maximum Gasteiger partial charge on any atom is 0.339 e. The number of nitrogens with zero attached hydrogens (tertiary/aromatic N) is 1. The summed E-state index contributed by atoms with van der Waals surface area (Å²) >= 11 is 0. The third-order valence-electron chi connectivity index (χ3n) is 5.12. The van der Waals surface area contributed by atoms with Crippen LogP contribution in [0.15, 0.2) is 47.1 Å². The van der Waals surface area contributed by atoms with Crippen LogP contribution in [0.4, 0.5) is 4.79 Å². The number of furan rings is 1. The van der Waals surface area contributed by atoms with Gasteiger partial charge in [0.1, 0.15) is 5.76 Å². The molecule has 3 aromatic rings. The van der Waals surface area contributed by atoms with Crippen molar-refractivity contribution in [3.63, 3.8) is 0 Å². The lowest BCUT2D eigenvalue weighted by Crippen LogP contribution is -2.43. The zero-order valence-corrected chi connectivity index (χ0v) is 17.1. The van der Waals surface area contributed by atoms with E-state index in [4.69, 9.17) is 14.1 Å². The maximum atomic E-state index is 13.1. The fraction of sp³-hybridized carbons (Fsp3) is 0.217. The predicted molar refractivity (Wildman–Crippen MR) is 114 cm³/mol. The van der Waals surface area contributed by atoms with E-state index >= 15 is 0 Å².